The number of hydrogen-bond acceptors (Lipinski definition) is 4. The highest BCUT2D eigenvalue weighted by Gasteiger charge is 2.00. The molecule has 1 aromatic rings. The van der Waals surface area contributed by atoms with Crippen LogP contribution in [0.25, 0.3) is 0 Å². The van der Waals surface area contributed by atoms with E-state index < -0.39 is 5.97 Å². The Morgan fingerprint density at radius 2 is 2.06 bits per heavy atom. The number of anilines is 1. The lowest BCUT2D eigenvalue weighted by atomic mass is 10.3. The third-order valence-corrected chi connectivity index (χ3v) is 2.86. The molecule has 0 saturated carbocycles. The van der Waals surface area contributed by atoms with Crippen LogP contribution in [0.2, 0.25) is 0 Å². The van der Waals surface area contributed by atoms with Crippen molar-refractivity contribution >= 4 is 40.0 Å². The van der Waals surface area contributed by atoms with Gasteiger partial charge >= 0.3 is 5.97 Å². The Hall–Kier alpha value is -1.27. The van der Waals surface area contributed by atoms with Gasteiger partial charge < -0.3 is 5.11 Å². The molecule has 0 bridgehead atoms. The zero-order valence-corrected chi connectivity index (χ0v) is 10.1. The van der Waals surface area contributed by atoms with Gasteiger partial charge in [0.15, 0.2) is 4.32 Å². The molecule has 0 radical (unpaired) electrons. The fourth-order valence-corrected chi connectivity index (χ4v) is 1.80. The van der Waals surface area contributed by atoms with Crippen LogP contribution < -0.4 is 10.9 Å². The van der Waals surface area contributed by atoms with Crippen molar-refractivity contribution < 1.29 is 9.90 Å². The molecule has 0 heterocycles. The Morgan fingerprint density at radius 3 is 2.69 bits per heavy atom. The first-order valence-electron chi connectivity index (χ1n) is 4.64. The molecule has 0 aromatic heterocycles. The van der Waals surface area contributed by atoms with Crippen LogP contribution in [-0.4, -0.2) is 21.1 Å². The lowest BCUT2D eigenvalue weighted by Crippen LogP contribution is -2.25. The van der Waals surface area contributed by atoms with E-state index in [9.17, 15) is 4.79 Å². The minimum Gasteiger partial charge on any atom is -0.481 e. The first kappa shape index (κ1) is 12.8. The van der Waals surface area contributed by atoms with E-state index >= 15 is 0 Å². The minimum absolute atomic E-state index is 0.109. The predicted molar refractivity (Wildman–Crippen MR) is 70.5 cm³/mol. The fourth-order valence-electron chi connectivity index (χ4n) is 0.912. The van der Waals surface area contributed by atoms with E-state index in [1.165, 1.54) is 11.8 Å². The minimum atomic E-state index is -0.814. The summed E-state index contributed by atoms with van der Waals surface area (Å²) in [6.45, 7) is 0. The van der Waals surface area contributed by atoms with Crippen LogP contribution in [0.5, 0.6) is 0 Å². The molecule has 0 unspecified atom stereocenters. The Labute approximate surface area is 103 Å². The van der Waals surface area contributed by atoms with Gasteiger partial charge in [-0.2, -0.15) is 0 Å². The van der Waals surface area contributed by atoms with Gasteiger partial charge in [0, 0.05) is 5.75 Å². The van der Waals surface area contributed by atoms with Gasteiger partial charge in [0.05, 0.1) is 12.1 Å². The molecule has 1 aromatic carbocycles. The number of hydrogen-bond donors (Lipinski definition) is 3. The number of thioether (sulfide) groups is 1. The summed E-state index contributed by atoms with van der Waals surface area (Å²) in [5.74, 6) is -0.344. The maximum Gasteiger partial charge on any atom is 0.304 e. The number of benzene rings is 1. The van der Waals surface area contributed by atoms with E-state index in [1.807, 2.05) is 30.3 Å². The Balaban J connectivity index is 2.18. The lowest BCUT2D eigenvalue weighted by Gasteiger charge is -2.09. The average molecular weight is 256 g/mol. The van der Waals surface area contributed by atoms with Gasteiger partial charge in [-0.3, -0.25) is 15.6 Å². The summed E-state index contributed by atoms with van der Waals surface area (Å²) >= 11 is 6.30. The van der Waals surface area contributed by atoms with E-state index in [1.54, 1.807) is 0 Å². The van der Waals surface area contributed by atoms with Crippen LogP contribution in [0.4, 0.5) is 5.69 Å². The number of hydrazine groups is 1. The average Bonchev–Trinajstić information content (AvgIpc) is 2.27. The zero-order chi connectivity index (χ0) is 11.8. The SMILES string of the molecule is O=C(O)CCSC(=S)NNc1ccccc1. The predicted octanol–water partition coefficient (Wildman–Crippen LogP) is 2.10. The maximum absolute atomic E-state index is 10.3. The Bertz CT molecular complexity index is 357. The summed E-state index contributed by atoms with van der Waals surface area (Å²) in [6, 6.07) is 9.54. The number of carbonyl (C=O) groups is 1. The Kier molecular flexibility index (Phi) is 5.66. The van der Waals surface area contributed by atoms with Gasteiger partial charge in [0.25, 0.3) is 0 Å². The first-order chi connectivity index (χ1) is 7.68. The van der Waals surface area contributed by atoms with Crippen LogP contribution in [-0.2, 0) is 4.79 Å². The van der Waals surface area contributed by atoms with Crippen molar-refractivity contribution in [3.63, 3.8) is 0 Å². The number of aliphatic carboxylic acids is 1. The fraction of sp³-hybridized carbons (Fsp3) is 0.200. The molecule has 0 spiro atoms. The third kappa shape index (κ3) is 5.57. The van der Waals surface area contributed by atoms with Gasteiger partial charge in [0.2, 0.25) is 0 Å². The van der Waals surface area contributed by atoms with Crippen molar-refractivity contribution in [2.75, 3.05) is 11.2 Å². The van der Waals surface area contributed by atoms with Crippen LogP contribution in [0.15, 0.2) is 30.3 Å². The van der Waals surface area contributed by atoms with Crippen molar-refractivity contribution in [2.45, 2.75) is 6.42 Å². The van der Waals surface area contributed by atoms with E-state index in [0.29, 0.717) is 10.1 Å². The molecule has 6 heteroatoms. The molecule has 3 N–H and O–H groups in total. The van der Waals surface area contributed by atoms with Crippen molar-refractivity contribution in [1.82, 2.24) is 5.43 Å². The zero-order valence-electron chi connectivity index (χ0n) is 8.47. The molecular weight excluding hydrogens is 244 g/mol. The molecular formula is C10H12N2O2S2. The number of thiocarbonyl (C=S) groups is 1. The van der Waals surface area contributed by atoms with Crippen molar-refractivity contribution in [2.24, 2.45) is 0 Å². The summed E-state index contributed by atoms with van der Waals surface area (Å²) in [5.41, 5.74) is 6.65. The number of nitrogens with one attached hydrogen (secondary N) is 2. The summed E-state index contributed by atoms with van der Waals surface area (Å²) in [4.78, 5) is 10.3. The molecule has 0 atom stereocenters. The van der Waals surface area contributed by atoms with Gasteiger partial charge in [-0.25, -0.2) is 0 Å². The van der Waals surface area contributed by atoms with Crippen LogP contribution in [0.3, 0.4) is 0 Å². The molecule has 1 rings (SSSR count). The van der Waals surface area contributed by atoms with Crippen LogP contribution >= 0.6 is 24.0 Å². The topological polar surface area (TPSA) is 61.4 Å². The number of carboxylic acid groups (broad SMARTS) is 1. The molecule has 0 saturated heterocycles. The highest BCUT2D eigenvalue weighted by molar-refractivity contribution is 8.22. The van der Waals surface area contributed by atoms with Gasteiger partial charge in [-0.15, -0.1) is 0 Å². The molecule has 0 aliphatic heterocycles. The second-order valence-electron chi connectivity index (χ2n) is 2.90. The second-order valence-corrected chi connectivity index (χ2v) is 4.67. The molecule has 16 heavy (non-hydrogen) atoms. The standard InChI is InChI=1S/C10H12N2O2S2/c13-9(14)6-7-16-10(15)12-11-8-4-2-1-3-5-8/h1-5,11H,6-7H2,(H,12,15)(H,13,14). The molecule has 86 valence electrons. The van der Waals surface area contributed by atoms with Crippen molar-refractivity contribution in [3.8, 4) is 0 Å². The largest absolute Gasteiger partial charge is 0.481 e. The van der Waals surface area contributed by atoms with E-state index in [4.69, 9.17) is 17.3 Å². The first-order valence-corrected chi connectivity index (χ1v) is 6.03. The normalized spacial score (nSPS) is 9.50. The lowest BCUT2D eigenvalue weighted by molar-refractivity contribution is -0.136. The monoisotopic (exact) mass is 256 g/mol. The summed E-state index contributed by atoms with van der Waals surface area (Å²) in [7, 11) is 0. The van der Waals surface area contributed by atoms with Crippen molar-refractivity contribution in [1.29, 1.82) is 0 Å². The maximum atomic E-state index is 10.3. The molecule has 0 aliphatic rings. The molecule has 4 nitrogen and oxygen atoms in total. The Morgan fingerprint density at radius 1 is 1.38 bits per heavy atom. The van der Waals surface area contributed by atoms with Crippen LogP contribution in [0.1, 0.15) is 6.42 Å². The van der Waals surface area contributed by atoms with E-state index in [0.717, 1.165) is 5.69 Å². The smallest absolute Gasteiger partial charge is 0.304 e. The highest BCUT2D eigenvalue weighted by atomic mass is 32.2. The molecule has 0 fully saturated rings. The van der Waals surface area contributed by atoms with Gasteiger partial charge in [-0.05, 0) is 12.1 Å². The quantitative estimate of drug-likeness (QED) is 0.554. The molecule has 0 amide bonds. The summed E-state index contributed by atoms with van der Waals surface area (Å²) in [6.07, 6.45) is 0.109. The third-order valence-electron chi connectivity index (χ3n) is 1.63. The highest BCUT2D eigenvalue weighted by Crippen LogP contribution is 2.06. The van der Waals surface area contributed by atoms with E-state index in [-0.39, 0.29) is 6.42 Å². The van der Waals surface area contributed by atoms with E-state index in [2.05, 4.69) is 10.9 Å². The summed E-state index contributed by atoms with van der Waals surface area (Å²) in [5, 5.41) is 8.44. The summed E-state index contributed by atoms with van der Waals surface area (Å²) < 4.78 is 0.533. The van der Waals surface area contributed by atoms with Gasteiger partial charge in [0.1, 0.15) is 0 Å². The number of rotatable bonds is 5. The molecule has 0 aliphatic carbocycles. The number of carboxylic acids is 1. The van der Waals surface area contributed by atoms with Crippen LogP contribution in [0, 0.1) is 0 Å². The van der Waals surface area contributed by atoms with Gasteiger partial charge in [-0.1, -0.05) is 42.2 Å². The number of para-hydroxylation sites is 1. The second kappa shape index (κ2) is 7.08. The van der Waals surface area contributed by atoms with Crippen molar-refractivity contribution in [3.05, 3.63) is 30.3 Å².